The van der Waals surface area contributed by atoms with E-state index in [1.165, 1.54) is 4.90 Å². The highest BCUT2D eigenvalue weighted by Gasteiger charge is 2.49. The Hall–Kier alpha value is -3.39. The van der Waals surface area contributed by atoms with Gasteiger partial charge in [-0.1, -0.05) is 48.5 Å². The third-order valence-electron chi connectivity index (χ3n) is 6.62. The van der Waals surface area contributed by atoms with Crippen molar-refractivity contribution in [1.82, 2.24) is 10.2 Å². The molecule has 2 aromatic carbocycles. The van der Waals surface area contributed by atoms with Gasteiger partial charge in [0.15, 0.2) is 0 Å². The molecule has 3 aliphatic rings. The van der Waals surface area contributed by atoms with Gasteiger partial charge in [0.25, 0.3) is 0 Å². The minimum absolute atomic E-state index is 0.0739. The average Bonchev–Trinajstić information content (AvgIpc) is 3.47. The highest BCUT2D eigenvalue weighted by Crippen LogP contribution is 2.44. The second-order valence-electron chi connectivity index (χ2n) is 8.34. The molecule has 2 aromatic rings. The van der Waals surface area contributed by atoms with Gasteiger partial charge in [-0.05, 0) is 28.7 Å². The van der Waals surface area contributed by atoms with Gasteiger partial charge in [0, 0.05) is 18.9 Å². The van der Waals surface area contributed by atoms with Crippen molar-refractivity contribution in [1.29, 1.82) is 0 Å². The van der Waals surface area contributed by atoms with Gasteiger partial charge < -0.3 is 24.8 Å². The number of amides is 2. The van der Waals surface area contributed by atoms with E-state index < -0.39 is 24.0 Å². The zero-order valence-corrected chi connectivity index (χ0v) is 17.4. The van der Waals surface area contributed by atoms with E-state index in [1.807, 2.05) is 36.4 Å². The first-order chi connectivity index (χ1) is 15.5. The van der Waals surface area contributed by atoms with Gasteiger partial charge in [-0.2, -0.15) is 0 Å². The number of hydrogen-bond donors (Lipinski definition) is 2. The van der Waals surface area contributed by atoms with Crippen LogP contribution in [0.15, 0.2) is 48.5 Å². The van der Waals surface area contributed by atoms with E-state index in [2.05, 4.69) is 17.4 Å². The van der Waals surface area contributed by atoms with Crippen LogP contribution in [0.3, 0.4) is 0 Å². The van der Waals surface area contributed by atoms with Gasteiger partial charge >= 0.3 is 12.1 Å². The van der Waals surface area contributed by atoms with Crippen molar-refractivity contribution >= 4 is 18.0 Å². The summed E-state index contributed by atoms with van der Waals surface area (Å²) in [6, 6.07) is 14.9. The lowest BCUT2D eigenvalue weighted by Gasteiger charge is -2.26. The Morgan fingerprint density at radius 1 is 1.06 bits per heavy atom. The largest absolute Gasteiger partial charge is 0.480 e. The number of likely N-dealkylation sites (tertiary alicyclic amines) is 1. The van der Waals surface area contributed by atoms with Gasteiger partial charge in [0.2, 0.25) is 5.91 Å². The summed E-state index contributed by atoms with van der Waals surface area (Å²) in [5.74, 6) is -1.57. The number of alkyl carbamates (subject to hydrolysis) is 1. The van der Waals surface area contributed by atoms with E-state index >= 15 is 0 Å². The number of carboxylic acid groups (broad SMARTS) is 1. The number of carbonyl (C=O) groups is 3. The van der Waals surface area contributed by atoms with Crippen LogP contribution in [-0.2, 0) is 19.1 Å². The summed E-state index contributed by atoms with van der Waals surface area (Å²) in [5.41, 5.74) is 4.47. The molecular weight excluding hydrogens is 412 g/mol. The fraction of sp³-hybridized carbons (Fsp3) is 0.375. The fourth-order valence-electron chi connectivity index (χ4n) is 5.21. The van der Waals surface area contributed by atoms with Crippen LogP contribution in [0.4, 0.5) is 4.79 Å². The lowest BCUT2D eigenvalue weighted by molar-refractivity contribution is -0.149. The molecule has 2 fully saturated rings. The number of carboxylic acids is 1. The first-order valence-electron chi connectivity index (χ1n) is 10.8. The number of nitrogens with one attached hydrogen (secondary N) is 1. The Labute approximate surface area is 185 Å². The van der Waals surface area contributed by atoms with Crippen LogP contribution in [0.1, 0.15) is 29.9 Å². The van der Waals surface area contributed by atoms with Crippen molar-refractivity contribution in [2.45, 2.75) is 36.9 Å². The number of benzene rings is 2. The quantitative estimate of drug-likeness (QED) is 0.746. The monoisotopic (exact) mass is 436 g/mol. The Morgan fingerprint density at radius 3 is 2.38 bits per heavy atom. The van der Waals surface area contributed by atoms with E-state index in [9.17, 15) is 19.5 Å². The van der Waals surface area contributed by atoms with Crippen LogP contribution < -0.4 is 5.32 Å². The molecule has 2 amide bonds. The molecule has 8 nitrogen and oxygen atoms in total. The van der Waals surface area contributed by atoms with Crippen molar-refractivity contribution < 1.29 is 29.0 Å². The first-order valence-corrected chi connectivity index (χ1v) is 10.8. The van der Waals surface area contributed by atoms with E-state index in [1.54, 1.807) is 0 Å². The van der Waals surface area contributed by atoms with Gasteiger partial charge in [0.05, 0.1) is 12.1 Å². The van der Waals surface area contributed by atoms with Crippen LogP contribution in [0, 0.1) is 0 Å². The third-order valence-corrected chi connectivity index (χ3v) is 6.62. The van der Waals surface area contributed by atoms with Crippen LogP contribution in [0.25, 0.3) is 11.1 Å². The molecule has 0 bridgehead atoms. The number of ether oxygens (including phenoxy) is 2. The molecule has 2 saturated heterocycles. The maximum atomic E-state index is 12.7. The lowest BCUT2D eigenvalue weighted by atomic mass is 9.98. The number of aliphatic carboxylic acids is 1. The Bertz CT molecular complexity index is 1020. The molecule has 2 heterocycles. The summed E-state index contributed by atoms with van der Waals surface area (Å²) in [5, 5.41) is 12.0. The summed E-state index contributed by atoms with van der Waals surface area (Å²) >= 11 is 0. The molecule has 1 aliphatic carbocycles. The maximum Gasteiger partial charge on any atom is 0.407 e. The molecule has 0 spiro atoms. The number of fused-ring (bicyclic) bond motifs is 4. The first kappa shape index (κ1) is 20.5. The van der Waals surface area contributed by atoms with Crippen LogP contribution in [0.5, 0.6) is 0 Å². The molecule has 2 N–H and O–H groups in total. The Morgan fingerprint density at radius 2 is 1.72 bits per heavy atom. The summed E-state index contributed by atoms with van der Waals surface area (Å²) in [4.78, 5) is 38.0. The number of nitrogens with zero attached hydrogens (tertiary/aromatic N) is 1. The topological polar surface area (TPSA) is 105 Å². The SMILES string of the molecule is O=C(NCC(=O)N1C(C(=O)O)C[C@@H]2OCC[C@@H]21)OCC1c2ccccc2-c2ccccc21. The van der Waals surface area contributed by atoms with Crippen molar-refractivity contribution in [2.24, 2.45) is 0 Å². The van der Waals surface area contributed by atoms with Crippen LogP contribution >= 0.6 is 0 Å². The second kappa shape index (κ2) is 8.27. The molecule has 0 radical (unpaired) electrons. The van der Waals surface area contributed by atoms with Crippen molar-refractivity contribution in [3.05, 3.63) is 59.7 Å². The van der Waals surface area contributed by atoms with Crippen molar-refractivity contribution in [2.75, 3.05) is 19.8 Å². The second-order valence-corrected chi connectivity index (χ2v) is 8.34. The molecular formula is C24H24N2O6. The highest BCUT2D eigenvalue weighted by atomic mass is 16.5. The Balaban J connectivity index is 1.20. The minimum Gasteiger partial charge on any atom is -0.480 e. The zero-order chi connectivity index (χ0) is 22.2. The molecule has 5 rings (SSSR count). The van der Waals surface area contributed by atoms with Crippen molar-refractivity contribution in [3.63, 3.8) is 0 Å². The molecule has 1 unspecified atom stereocenters. The standard InChI is InChI=1S/C24H24N2O6/c27-22(26-19-9-10-31-21(19)11-20(26)23(28)29)12-25-24(30)32-13-18-16-7-3-1-5-14(16)15-6-2-4-8-17(15)18/h1-8,18-21H,9-13H2,(H,25,30)(H,28,29)/t19-,20?,21-/m0/s1. The molecule has 3 atom stereocenters. The maximum absolute atomic E-state index is 12.7. The van der Waals surface area contributed by atoms with Gasteiger partial charge in [-0.3, -0.25) is 4.79 Å². The zero-order valence-electron chi connectivity index (χ0n) is 17.4. The fourth-order valence-corrected chi connectivity index (χ4v) is 5.21. The molecule has 0 saturated carbocycles. The predicted octanol–water partition coefficient (Wildman–Crippen LogP) is 2.37. The summed E-state index contributed by atoms with van der Waals surface area (Å²) in [6.07, 6.45) is -0.0815. The smallest absolute Gasteiger partial charge is 0.407 e. The van der Waals surface area contributed by atoms with E-state index in [0.717, 1.165) is 22.3 Å². The average molecular weight is 436 g/mol. The number of carbonyl (C=O) groups excluding carboxylic acids is 2. The van der Waals surface area contributed by atoms with Crippen LogP contribution in [-0.4, -0.2) is 65.9 Å². The van der Waals surface area contributed by atoms with Crippen LogP contribution in [0.2, 0.25) is 0 Å². The van der Waals surface area contributed by atoms with Gasteiger partial charge in [0.1, 0.15) is 19.2 Å². The summed E-state index contributed by atoms with van der Waals surface area (Å²) in [7, 11) is 0. The summed E-state index contributed by atoms with van der Waals surface area (Å²) < 4.78 is 11.0. The minimum atomic E-state index is -1.06. The Kier molecular flexibility index (Phi) is 5.30. The molecule has 2 aliphatic heterocycles. The van der Waals surface area contributed by atoms with Gasteiger partial charge in [-0.25, -0.2) is 9.59 Å². The third kappa shape index (κ3) is 3.50. The van der Waals surface area contributed by atoms with E-state index in [-0.39, 0.29) is 37.6 Å². The normalized spacial score (nSPS) is 23.4. The van der Waals surface area contributed by atoms with Gasteiger partial charge in [-0.15, -0.1) is 0 Å². The van der Waals surface area contributed by atoms with Crippen molar-refractivity contribution in [3.8, 4) is 11.1 Å². The van der Waals surface area contributed by atoms with E-state index in [4.69, 9.17) is 9.47 Å². The molecule has 8 heteroatoms. The molecule has 166 valence electrons. The van der Waals surface area contributed by atoms with E-state index in [0.29, 0.717) is 13.0 Å². The summed E-state index contributed by atoms with van der Waals surface area (Å²) in [6.45, 7) is 0.336. The number of rotatable bonds is 5. The number of hydrogen-bond acceptors (Lipinski definition) is 5. The molecule has 0 aromatic heterocycles. The predicted molar refractivity (Wildman–Crippen MR) is 114 cm³/mol. The highest BCUT2D eigenvalue weighted by molar-refractivity contribution is 5.88. The lowest BCUT2D eigenvalue weighted by Crippen LogP contribution is -2.49. The molecule has 32 heavy (non-hydrogen) atoms.